The predicted octanol–water partition coefficient (Wildman–Crippen LogP) is 3.41. The first-order valence-corrected chi connectivity index (χ1v) is 7.97. The largest absolute Gasteiger partial charge is 0.391 e. The molecule has 0 radical (unpaired) electrons. The van der Waals surface area contributed by atoms with Gasteiger partial charge in [-0.15, -0.1) is 0 Å². The summed E-state index contributed by atoms with van der Waals surface area (Å²) in [6.07, 6.45) is 4.51. The monoisotopic (exact) mass is 289 g/mol. The molecule has 2 rings (SSSR count). The lowest BCUT2D eigenvalue weighted by atomic mass is 9.86. The highest BCUT2D eigenvalue weighted by molar-refractivity contribution is 5.94. The number of benzene rings is 1. The number of aliphatic hydroxyl groups excluding tert-OH is 1. The number of aliphatic hydroxyl groups is 1. The fourth-order valence-corrected chi connectivity index (χ4v) is 2.83. The molecule has 3 heteroatoms. The van der Waals surface area contributed by atoms with Crippen LogP contribution in [-0.2, 0) is 5.41 Å². The molecule has 1 saturated carbocycles. The molecule has 0 saturated heterocycles. The van der Waals surface area contributed by atoms with Crippen LogP contribution < -0.4 is 5.32 Å². The number of carbonyl (C=O) groups excluding carboxylic acids is 1. The Balaban J connectivity index is 2.02. The van der Waals surface area contributed by atoms with E-state index in [9.17, 15) is 9.90 Å². The van der Waals surface area contributed by atoms with Crippen molar-refractivity contribution in [2.45, 2.75) is 70.4 Å². The number of hydrogen-bond donors (Lipinski definition) is 2. The fraction of sp³-hybridized carbons (Fsp3) is 0.611. The summed E-state index contributed by atoms with van der Waals surface area (Å²) >= 11 is 0. The van der Waals surface area contributed by atoms with E-state index in [4.69, 9.17) is 0 Å². The normalized spacial score (nSPS) is 23.4. The van der Waals surface area contributed by atoms with Crippen molar-refractivity contribution in [3.8, 4) is 0 Å². The lowest BCUT2D eigenvalue weighted by Crippen LogP contribution is -2.42. The second-order valence-corrected chi connectivity index (χ2v) is 7.11. The van der Waals surface area contributed by atoms with Crippen molar-refractivity contribution < 1.29 is 9.90 Å². The molecule has 1 aliphatic rings. The first kappa shape index (κ1) is 16.0. The molecular weight excluding hydrogens is 262 g/mol. The number of nitrogens with one attached hydrogen (secondary N) is 1. The molecule has 1 amide bonds. The molecule has 21 heavy (non-hydrogen) atoms. The Kier molecular flexibility index (Phi) is 5.04. The quantitative estimate of drug-likeness (QED) is 0.820. The van der Waals surface area contributed by atoms with Gasteiger partial charge in [-0.05, 0) is 36.0 Å². The van der Waals surface area contributed by atoms with Crippen molar-refractivity contribution in [2.24, 2.45) is 0 Å². The lowest BCUT2D eigenvalue weighted by Gasteiger charge is -2.22. The molecule has 2 N–H and O–H groups in total. The van der Waals surface area contributed by atoms with Crippen molar-refractivity contribution in [3.63, 3.8) is 0 Å². The topological polar surface area (TPSA) is 49.3 Å². The van der Waals surface area contributed by atoms with Gasteiger partial charge in [0.2, 0.25) is 0 Å². The van der Waals surface area contributed by atoms with Crippen molar-refractivity contribution in [2.75, 3.05) is 0 Å². The van der Waals surface area contributed by atoms with Crippen LogP contribution >= 0.6 is 0 Å². The highest BCUT2D eigenvalue weighted by Crippen LogP contribution is 2.22. The van der Waals surface area contributed by atoms with Crippen molar-refractivity contribution >= 4 is 5.91 Å². The van der Waals surface area contributed by atoms with Gasteiger partial charge in [0.1, 0.15) is 0 Å². The second-order valence-electron chi connectivity index (χ2n) is 7.11. The molecular formula is C18H27NO2. The number of hydrogen-bond acceptors (Lipinski definition) is 2. The average Bonchev–Trinajstić information content (AvgIpc) is 2.63. The Labute approximate surface area is 127 Å². The van der Waals surface area contributed by atoms with Crippen LogP contribution in [0.15, 0.2) is 24.3 Å². The minimum atomic E-state index is -0.412. The Morgan fingerprint density at radius 3 is 2.33 bits per heavy atom. The third kappa shape index (κ3) is 4.31. The molecule has 0 aromatic heterocycles. The molecule has 0 bridgehead atoms. The first-order valence-electron chi connectivity index (χ1n) is 7.97. The van der Waals surface area contributed by atoms with Crippen LogP contribution in [0.4, 0.5) is 0 Å². The third-order valence-corrected chi connectivity index (χ3v) is 4.31. The van der Waals surface area contributed by atoms with Crippen LogP contribution in [0.1, 0.15) is 68.8 Å². The molecule has 1 fully saturated rings. The Hall–Kier alpha value is -1.35. The van der Waals surface area contributed by atoms with Gasteiger partial charge in [0, 0.05) is 5.56 Å². The summed E-state index contributed by atoms with van der Waals surface area (Å²) < 4.78 is 0. The van der Waals surface area contributed by atoms with Crippen LogP contribution in [0, 0.1) is 0 Å². The first-order chi connectivity index (χ1) is 9.88. The van der Waals surface area contributed by atoms with E-state index in [0.29, 0.717) is 5.56 Å². The molecule has 0 spiro atoms. The van der Waals surface area contributed by atoms with E-state index in [2.05, 4.69) is 26.1 Å². The average molecular weight is 289 g/mol. The summed E-state index contributed by atoms with van der Waals surface area (Å²) in [4.78, 5) is 12.3. The summed E-state index contributed by atoms with van der Waals surface area (Å²) in [6, 6.07) is 7.66. The standard InChI is InChI=1S/C18H27NO2/c1-18(2,3)14-11-9-13(10-12-14)17(21)19-15-7-5-4-6-8-16(15)20/h9-12,15-16,20H,4-8H2,1-3H3,(H,19,21). The summed E-state index contributed by atoms with van der Waals surface area (Å²) in [5.41, 5.74) is 1.97. The maximum absolute atomic E-state index is 12.3. The molecule has 3 nitrogen and oxygen atoms in total. The SMILES string of the molecule is CC(C)(C)c1ccc(C(=O)NC2CCCCCC2O)cc1. The van der Waals surface area contributed by atoms with Gasteiger partial charge in [-0.2, -0.15) is 0 Å². The van der Waals surface area contributed by atoms with Gasteiger partial charge >= 0.3 is 0 Å². The second kappa shape index (κ2) is 6.61. The Morgan fingerprint density at radius 1 is 1.10 bits per heavy atom. The van der Waals surface area contributed by atoms with E-state index in [1.807, 2.05) is 24.3 Å². The third-order valence-electron chi connectivity index (χ3n) is 4.31. The van der Waals surface area contributed by atoms with Gasteiger partial charge < -0.3 is 10.4 Å². The van der Waals surface area contributed by atoms with Crippen LogP contribution in [0.2, 0.25) is 0 Å². The molecule has 116 valence electrons. The highest BCUT2D eigenvalue weighted by atomic mass is 16.3. The van der Waals surface area contributed by atoms with Crippen LogP contribution in [-0.4, -0.2) is 23.2 Å². The summed E-state index contributed by atoms with van der Waals surface area (Å²) in [5.74, 6) is -0.0820. The lowest BCUT2D eigenvalue weighted by molar-refractivity contribution is 0.0818. The van der Waals surface area contributed by atoms with Crippen LogP contribution in [0.25, 0.3) is 0 Å². The van der Waals surface area contributed by atoms with Crippen LogP contribution in [0.3, 0.4) is 0 Å². The van der Waals surface area contributed by atoms with E-state index in [1.54, 1.807) is 0 Å². The minimum absolute atomic E-state index is 0.0820. The van der Waals surface area contributed by atoms with Gasteiger partial charge in [-0.3, -0.25) is 4.79 Å². The fourth-order valence-electron chi connectivity index (χ4n) is 2.83. The summed E-state index contributed by atoms with van der Waals surface area (Å²) in [7, 11) is 0. The molecule has 1 aromatic rings. The van der Waals surface area contributed by atoms with Gasteiger partial charge in [0.15, 0.2) is 0 Å². The zero-order valence-electron chi connectivity index (χ0n) is 13.4. The maximum Gasteiger partial charge on any atom is 0.251 e. The molecule has 2 unspecified atom stereocenters. The summed E-state index contributed by atoms with van der Waals surface area (Å²) in [6.45, 7) is 6.47. The summed E-state index contributed by atoms with van der Waals surface area (Å²) in [5, 5.41) is 13.1. The van der Waals surface area contributed by atoms with E-state index in [-0.39, 0.29) is 17.4 Å². The molecule has 0 aliphatic heterocycles. The van der Waals surface area contributed by atoms with Gasteiger partial charge in [0.25, 0.3) is 5.91 Å². The van der Waals surface area contributed by atoms with Crippen molar-refractivity contribution in [1.29, 1.82) is 0 Å². The smallest absolute Gasteiger partial charge is 0.251 e. The highest BCUT2D eigenvalue weighted by Gasteiger charge is 2.23. The molecule has 1 aromatic carbocycles. The van der Waals surface area contributed by atoms with E-state index in [1.165, 1.54) is 5.56 Å². The van der Waals surface area contributed by atoms with E-state index in [0.717, 1.165) is 32.1 Å². The van der Waals surface area contributed by atoms with E-state index < -0.39 is 6.10 Å². The van der Waals surface area contributed by atoms with Gasteiger partial charge in [0.05, 0.1) is 12.1 Å². The van der Waals surface area contributed by atoms with Crippen molar-refractivity contribution in [1.82, 2.24) is 5.32 Å². The van der Waals surface area contributed by atoms with Gasteiger partial charge in [-0.25, -0.2) is 0 Å². The zero-order valence-corrected chi connectivity index (χ0v) is 13.4. The molecule has 1 aliphatic carbocycles. The van der Waals surface area contributed by atoms with Crippen LogP contribution in [0.5, 0.6) is 0 Å². The number of rotatable bonds is 2. The Morgan fingerprint density at radius 2 is 1.71 bits per heavy atom. The zero-order chi connectivity index (χ0) is 15.5. The van der Waals surface area contributed by atoms with E-state index >= 15 is 0 Å². The Bertz CT molecular complexity index is 473. The molecule has 2 atom stereocenters. The predicted molar refractivity (Wildman–Crippen MR) is 85.5 cm³/mol. The maximum atomic E-state index is 12.3. The number of carbonyl (C=O) groups is 1. The van der Waals surface area contributed by atoms with Crippen molar-refractivity contribution in [3.05, 3.63) is 35.4 Å². The van der Waals surface area contributed by atoms with Gasteiger partial charge in [-0.1, -0.05) is 52.2 Å². The number of amides is 1. The molecule has 0 heterocycles. The minimum Gasteiger partial charge on any atom is -0.391 e.